The lowest BCUT2D eigenvalue weighted by atomic mass is 9.99. The van der Waals surface area contributed by atoms with Crippen LogP contribution in [0.3, 0.4) is 0 Å². The lowest BCUT2D eigenvalue weighted by Gasteiger charge is -2.21. The van der Waals surface area contributed by atoms with Gasteiger partial charge in [-0.25, -0.2) is 0 Å². The Kier molecular flexibility index (Phi) is 4.09. The molecular formula is C13H17ClN2O2. The lowest BCUT2D eigenvalue weighted by Crippen LogP contribution is -2.41. The van der Waals surface area contributed by atoms with Gasteiger partial charge in [0.15, 0.2) is 0 Å². The molecule has 0 aliphatic carbocycles. The highest BCUT2D eigenvalue weighted by Crippen LogP contribution is 2.26. The second-order valence-electron chi connectivity index (χ2n) is 4.58. The van der Waals surface area contributed by atoms with Crippen molar-refractivity contribution in [3.63, 3.8) is 0 Å². The van der Waals surface area contributed by atoms with Crippen LogP contribution in [0.15, 0.2) is 24.3 Å². The van der Waals surface area contributed by atoms with Crippen LogP contribution in [0, 0.1) is 5.92 Å². The second-order valence-corrected chi connectivity index (χ2v) is 5.01. The normalized spacial score (nSPS) is 21.0. The summed E-state index contributed by atoms with van der Waals surface area (Å²) in [5, 5.41) is 12.7. The molecule has 2 unspecified atom stereocenters. The van der Waals surface area contributed by atoms with Crippen LogP contribution < -0.4 is 10.2 Å². The van der Waals surface area contributed by atoms with E-state index >= 15 is 0 Å². The van der Waals surface area contributed by atoms with Crippen LogP contribution in [0.4, 0.5) is 5.69 Å². The Hall–Kier alpha value is -1.26. The first-order valence-corrected chi connectivity index (χ1v) is 6.40. The number of anilines is 1. The Morgan fingerprint density at radius 3 is 2.72 bits per heavy atom. The van der Waals surface area contributed by atoms with E-state index in [9.17, 15) is 4.79 Å². The molecule has 1 aromatic rings. The highest BCUT2D eigenvalue weighted by atomic mass is 35.5. The number of aliphatic carboxylic acids is 1. The summed E-state index contributed by atoms with van der Waals surface area (Å²) in [4.78, 5) is 13.3. The first-order valence-electron chi connectivity index (χ1n) is 6.02. The van der Waals surface area contributed by atoms with Gasteiger partial charge in [0.05, 0.1) is 0 Å². The van der Waals surface area contributed by atoms with Gasteiger partial charge in [-0.15, -0.1) is 0 Å². The first kappa shape index (κ1) is 13.2. The number of carboxylic acids is 1. The predicted octanol–water partition coefficient (Wildman–Crippen LogP) is 1.84. The molecule has 1 aromatic carbocycles. The smallest absolute Gasteiger partial charge is 0.321 e. The fourth-order valence-electron chi connectivity index (χ4n) is 2.51. The zero-order valence-electron chi connectivity index (χ0n) is 10.3. The molecule has 4 nitrogen and oxygen atoms in total. The fourth-order valence-corrected chi connectivity index (χ4v) is 2.63. The van der Waals surface area contributed by atoms with Crippen LogP contribution in [0.5, 0.6) is 0 Å². The van der Waals surface area contributed by atoms with E-state index < -0.39 is 12.0 Å². The summed E-state index contributed by atoms with van der Waals surface area (Å²) in [6.45, 7) is 1.65. The van der Waals surface area contributed by atoms with Crippen molar-refractivity contribution < 1.29 is 9.90 Å². The number of hydrogen-bond donors (Lipinski definition) is 2. The zero-order chi connectivity index (χ0) is 13.1. The second kappa shape index (κ2) is 5.59. The van der Waals surface area contributed by atoms with Crippen LogP contribution in [0.25, 0.3) is 0 Å². The van der Waals surface area contributed by atoms with Crippen molar-refractivity contribution in [2.24, 2.45) is 5.92 Å². The van der Waals surface area contributed by atoms with Gasteiger partial charge in [-0.05, 0) is 37.7 Å². The van der Waals surface area contributed by atoms with Crippen molar-refractivity contribution in [2.45, 2.75) is 12.5 Å². The average Bonchev–Trinajstić information content (AvgIpc) is 2.80. The van der Waals surface area contributed by atoms with Crippen molar-refractivity contribution in [1.29, 1.82) is 0 Å². The summed E-state index contributed by atoms with van der Waals surface area (Å²) in [5.74, 6) is -0.636. The van der Waals surface area contributed by atoms with Crippen LogP contribution in [-0.4, -0.2) is 37.3 Å². The van der Waals surface area contributed by atoms with Gasteiger partial charge in [0.1, 0.15) is 6.04 Å². The Morgan fingerprint density at radius 2 is 2.17 bits per heavy atom. The molecule has 0 amide bonds. The van der Waals surface area contributed by atoms with Gasteiger partial charge in [0.2, 0.25) is 0 Å². The standard InChI is InChI=1S/C13H17ClN2O2/c1-15-12(13(17)18)9-6-7-16(8-9)11-4-2-10(14)3-5-11/h2-5,9,12,15H,6-8H2,1H3,(H,17,18). The molecule has 1 aliphatic rings. The van der Waals surface area contributed by atoms with Gasteiger partial charge in [-0.1, -0.05) is 11.6 Å². The average molecular weight is 269 g/mol. The molecule has 0 spiro atoms. The van der Waals surface area contributed by atoms with E-state index in [1.54, 1.807) is 7.05 Å². The monoisotopic (exact) mass is 268 g/mol. The summed E-state index contributed by atoms with van der Waals surface area (Å²) in [6, 6.07) is 7.19. The van der Waals surface area contributed by atoms with Crippen molar-refractivity contribution in [1.82, 2.24) is 5.32 Å². The third-order valence-electron chi connectivity index (χ3n) is 3.46. The van der Waals surface area contributed by atoms with Crippen LogP contribution in [-0.2, 0) is 4.79 Å². The number of rotatable bonds is 4. The number of hydrogen-bond acceptors (Lipinski definition) is 3. The van der Waals surface area contributed by atoms with Gasteiger partial charge < -0.3 is 15.3 Å². The third-order valence-corrected chi connectivity index (χ3v) is 3.72. The van der Waals surface area contributed by atoms with E-state index in [4.69, 9.17) is 16.7 Å². The molecule has 1 aliphatic heterocycles. The van der Waals surface area contributed by atoms with Gasteiger partial charge in [-0.3, -0.25) is 4.79 Å². The summed E-state index contributed by atoms with van der Waals surface area (Å²) in [7, 11) is 1.70. The number of nitrogens with zero attached hydrogens (tertiary/aromatic N) is 1. The molecule has 2 rings (SSSR count). The number of nitrogens with one attached hydrogen (secondary N) is 1. The Bertz CT molecular complexity index is 422. The SMILES string of the molecule is CNC(C(=O)O)C1CCN(c2ccc(Cl)cc2)C1. The quantitative estimate of drug-likeness (QED) is 0.875. The maximum absolute atomic E-state index is 11.1. The first-order chi connectivity index (χ1) is 8.61. The van der Waals surface area contributed by atoms with E-state index in [1.807, 2.05) is 24.3 Å². The van der Waals surface area contributed by atoms with Gasteiger partial charge in [0.25, 0.3) is 0 Å². The van der Waals surface area contributed by atoms with Crippen LogP contribution in [0.2, 0.25) is 5.02 Å². The van der Waals surface area contributed by atoms with Crippen LogP contribution in [0.1, 0.15) is 6.42 Å². The molecule has 0 bridgehead atoms. The van der Waals surface area contributed by atoms with Crippen molar-refractivity contribution in [2.75, 3.05) is 25.0 Å². The largest absolute Gasteiger partial charge is 0.480 e. The maximum Gasteiger partial charge on any atom is 0.321 e. The minimum atomic E-state index is -0.777. The van der Waals surface area contributed by atoms with Gasteiger partial charge in [-0.2, -0.15) is 0 Å². The Labute approximate surface area is 112 Å². The molecule has 2 N–H and O–H groups in total. The van der Waals surface area contributed by atoms with Gasteiger partial charge >= 0.3 is 5.97 Å². The molecule has 0 saturated carbocycles. The highest BCUT2D eigenvalue weighted by Gasteiger charge is 2.32. The summed E-state index contributed by atoms with van der Waals surface area (Å²) >= 11 is 5.86. The molecule has 1 saturated heterocycles. The minimum Gasteiger partial charge on any atom is -0.480 e. The van der Waals surface area contributed by atoms with E-state index in [-0.39, 0.29) is 5.92 Å². The molecule has 18 heavy (non-hydrogen) atoms. The number of carboxylic acid groups (broad SMARTS) is 1. The molecule has 5 heteroatoms. The molecule has 98 valence electrons. The Morgan fingerprint density at radius 1 is 1.50 bits per heavy atom. The number of likely N-dealkylation sites (N-methyl/N-ethyl adjacent to an activating group) is 1. The van der Waals surface area contributed by atoms with Crippen molar-refractivity contribution >= 4 is 23.3 Å². The molecule has 0 radical (unpaired) electrons. The number of benzene rings is 1. The van der Waals surface area contributed by atoms with Gasteiger partial charge in [0, 0.05) is 29.7 Å². The van der Waals surface area contributed by atoms with Crippen LogP contribution >= 0.6 is 11.6 Å². The van der Waals surface area contributed by atoms with E-state index in [0.717, 1.165) is 25.2 Å². The topological polar surface area (TPSA) is 52.6 Å². The predicted molar refractivity (Wildman–Crippen MR) is 72.3 cm³/mol. The lowest BCUT2D eigenvalue weighted by molar-refractivity contribution is -0.140. The molecule has 1 heterocycles. The van der Waals surface area contributed by atoms with Crippen molar-refractivity contribution in [3.8, 4) is 0 Å². The molecule has 1 fully saturated rings. The van der Waals surface area contributed by atoms with Crippen molar-refractivity contribution in [3.05, 3.63) is 29.3 Å². The molecule has 0 aromatic heterocycles. The van der Waals surface area contributed by atoms with E-state index in [2.05, 4.69) is 10.2 Å². The van der Waals surface area contributed by atoms with E-state index in [0.29, 0.717) is 5.02 Å². The third kappa shape index (κ3) is 2.76. The Balaban J connectivity index is 2.04. The number of halogens is 1. The summed E-state index contributed by atoms with van der Waals surface area (Å²) in [6.07, 6.45) is 0.889. The number of carbonyl (C=O) groups is 1. The molecular weight excluding hydrogens is 252 g/mol. The summed E-state index contributed by atoms with van der Waals surface area (Å²) in [5.41, 5.74) is 1.10. The highest BCUT2D eigenvalue weighted by molar-refractivity contribution is 6.30. The molecule has 2 atom stereocenters. The minimum absolute atomic E-state index is 0.142. The maximum atomic E-state index is 11.1. The fraction of sp³-hybridized carbons (Fsp3) is 0.462. The summed E-state index contributed by atoms with van der Waals surface area (Å²) < 4.78 is 0. The zero-order valence-corrected chi connectivity index (χ0v) is 11.0. The van der Waals surface area contributed by atoms with E-state index in [1.165, 1.54) is 0 Å².